The number of nitrogens with zero attached hydrogens (tertiary/aromatic N) is 3. The molecule has 39 heavy (non-hydrogen) atoms. The summed E-state index contributed by atoms with van der Waals surface area (Å²) in [6.45, 7) is -1.22. The van der Waals surface area contributed by atoms with Crippen LogP contribution in [0.3, 0.4) is 0 Å². The predicted molar refractivity (Wildman–Crippen MR) is 121 cm³/mol. The lowest BCUT2D eigenvalue weighted by molar-refractivity contribution is -0.192. The molecule has 1 aromatic heterocycles. The fourth-order valence-corrected chi connectivity index (χ4v) is 3.37. The van der Waals surface area contributed by atoms with E-state index in [2.05, 4.69) is 10.3 Å². The first-order valence-corrected chi connectivity index (χ1v) is 11.0. The molecule has 1 fully saturated rings. The fraction of sp³-hybridized carbons (Fsp3) is 0.391. The van der Waals surface area contributed by atoms with Gasteiger partial charge >= 0.3 is 18.1 Å². The van der Waals surface area contributed by atoms with Gasteiger partial charge in [-0.05, 0) is 30.7 Å². The zero-order valence-corrected chi connectivity index (χ0v) is 19.9. The molecule has 1 aromatic carbocycles. The van der Waals surface area contributed by atoms with E-state index in [1.165, 1.54) is 12.3 Å². The highest BCUT2D eigenvalue weighted by atomic mass is 19.4. The monoisotopic (exact) mass is 560 g/mol. The highest BCUT2D eigenvalue weighted by Gasteiger charge is 2.47. The first-order valence-electron chi connectivity index (χ1n) is 11.0. The van der Waals surface area contributed by atoms with Crippen LogP contribution in [-0.4, -0.2) is 81.7 Å². The van der Waals surface area contributed by atoms with Crippen molar-refractivity contribution >= 4 is 34.7 Å². The number of fused-ring (bicyclic) bond motifs is 1. The average Bonchev–Trinajstić information content (AvgIpc) is 3.18. The van der Waals surface area contributed by atoms with E-state index in [1.54, 1.807) is 24.3 Å². The van der Waals surface area contributed by atoms with Crippen LogP contribution in [0, 0.1) is 11.3 Å². The number of carboxylic acids is 2. The molecule has 0 aliphatic carbocycles. The maximum absolute atomic E-state index is 13.5. The van der Waals surface area contributed by atoms with Crippen LogP contribution in [0.15, 0.2) is 30.5 Å². The minimum absolute atomic E-state index is 0.0353. The maximum atomic E-state index is 13.5. The van der Waals surface area contributed by atoms with Gasteiger partial charge in [-0.2, -0.15) is 18.4 Å². The maximum Gasteiger partial charge on any atom is 0.490 e. The summed E-state index contributed by atoms with van der Waals surface area (Å²) in [7, 11) is 0. The molecular formula is C23H21F5N4O7. The van der Waals surface area contributed by atoms with Crippen LogP contribution < -0.4 is 10.1 Å². The van der Waals surface area contributed by atoms with Crippen LogP contribution in [0.4, 0.5) is 22.0 Å². The van der Waals surface area contributed by atoms with Crippen molar-refractivity contribution in [3.05, 3.63) is 36.0 Å². The molecule has 1 saturated heterocycles. The van der Waals surface area contributed by atoms with Gasteiger partial charge in [-0.25, -0.2) is 13.6 Å². The predicted octanol–water partition coefficient (Wildman–Crippen LogP) is 2.60. The van der Waals surface area contributed by atoms with Crippen LogP contribution in [0.2, 0.25) is 0 Å². The molecule has 0 saturated carbocycles. The lowest BCUT2D eigenvalue weighted by Gasteiger charge is -2.19. The number of pyridine rings is 1. The molecule has 2 aromatic rings. The van der Waals surface area contributed by atoms with Crippen LogP contribution in [0.25, 0.3) is 10.9 Å². The molecule has 3 rings (SSSR count). The van der Waals surface area contributed by atoms with Crippen LogP contribution in [-0.2, 0) is 14.4 Å². The van der Waals surface area contributed by atoms with Gasteiger partial charge in [0.25, 0.3) is 11.8 Å². The third-order valence-electron chi connectivity index (χ3n) is 5.14. The van der Waals surface area contributed by atoms with Crippen molar-refractivity contribution in [2.24, 2.45) is 0 Å². The Balaban J connectivity index is 0.000000673. The number of amides is 2. The molecule has 1 aliphatic heterocycles. The van der Waals surface area contributed by atoms with Gasteiger partial charge in [0, 0.05) is 24.4 Å². The van der Waals surface area contributed by atoms with Gasteiger partial charge in [-0.1, -0.05) is 0 Å². The Hall–Kier alpha value is -4.55. The summed E-state index contributed by atoms with van der Waals surface area (Å²) in [6, 6.07) is 6.73. The van der Waals surface area contributed by atoms with Crippen LogP contribution in [0.1, 0.15) is 29.6 Å². The molecule has 0 radical (unpaired) electrons. The van der Waals surface area contributed by atoms with Crippen molar-refractivity contribution in [2.45, 2.75) is 37.4 Å². The number of hydrogen-bond acceptors (Lipinski definition) is 7. The third kappa shape index (κ3) is 9.05. The number of nitrogens with one attached hydrogen (secondary N) is 1. The van der Waals surface area contributed by atoms with Crippen molar-refractivity contribution in [1.29, 1.82) is 5.26 Å². The van der Waals surface area contributed by atoms with E-state index in [4.69, 9.17) is 25.0 Å². The van der Waals surface area contributed by atoms with E-state index in [-0.39, 0.29) is 18.6 Å². The SMILES string of the molecule is N#C[C@@H]1CC(F)(F)CN1C(=O)CNC(=O)c1ccnc2ccc(OCCCC(=O)O)cc12.O=C(O)C(F)(F)F. The zero-order valence-electron chi connectivity index (χ0n) is 19.9. The molecule has 210 valence electrons. The largest absolute Gasteiger partial charge is 0.494 e. The number of rotatable bonds is 8. The molecule has 3 N–H and O–H groups in total. The summed E-state index contributed by atoms with van der Waals surface area (Å²) >= 11 is 0. The number of benzene rings is 1. The number of hydrogen-bond donors (Lipinski definition) is 3. The summed E-state index contributed by atoms with van der Waals surface area (Å²) < 4.78 is 64.3. The quantitative estimate of drug-likeness (QED) is 0.324. The number of nitriles is 1. The summed E-state index contributed by atoms with van der Waals surface area (Å²) in [6.07, 6.45) is -4.12. The van der Waals surface area contributed by atoms with Crippen molar-refractivity contribution in [1.82, 2.24) is 15.2 Å². The average molecular weight is 560 g/mol. The summed E-state index contributed by atoms with van der Waals surface area (Å²) in [5.74, 6) is -7.80. The van der Waals surface area contributed by atoms with E-state index < -0.39 is 61.4 Å². The normalized spacial score (nSPS) is 16.0. The number of aromatic nitrogens is 1. The number of alkyl halides is 5. The molecule has 1 aliphatic rings. The Bertz CT molecular complexity index is 1280. The minimum Gasteiger partial charge on any atom is -0.494 e. The highest BCUT2D eigenvalue weighted by molar-refractivity contribution is 6.07. The number of carboxylic acid groups (broad SMARTS) is 2. The lowest BCUT2D eigenvalue weighted by Crippen LogP contribution is -2.43. The number of carbonyl (C=O) groups excluding carboxylic acids is 2. The number of ether oxygens (including phenoxy) is 1. The van der Waals surface area contributed by atoms with Crippen molar-refractivity contribution < 1.29 is 56.1 Å². The molecule has 11 nitrogen and oxygen atoms in total. The van der Waals surface area contributed by atoms with E-state index in [0.717, 1.165) is 4.90 Å². The third-order valence-corrected chi connectivity index (χ3v) is 5.14. The standard InChI is InChI=1S/C21H20F2N4O5.C2HF3O2/c22-21(23)9-13(10-24)27(12-21)18(28)11-26-20(31)15-5-6-25-17-4-3-14(8-16(15)17)32-7-1-2-19(29)30;3-2(4,5)1(6)7/h3-6,8,13H,1-2,7,9,11-12H2,(H,26,31)(H,29,30);(H,6,7)/t13-;/m0./s1. The Morgan fingerprint density at radius 1 is 1.21 bits per heavy atom. The Morgan fingerprint density at radius 3 is 2.46 bits per heavy atom. The first-order chi connectivity index (χ1) is 18.1. The van der Waals surface area contributed by atoms with Gasteiger partial charge < -0.3 is 25.2 Å². The molecule has 2 heterocycles. The van der Waals surface area contributed by atoms with Gasteiger partial charge in [-0.3, -0.25) is 19.4 Å². The minimum atomic E-state index is -5.08. The number of carbonyl (C=O) groups is 4. The fourth-order valence-electron chi connectivity index (χ4n) is 3.37. The Kier molecular flexibility index (Phi) is 10.1. The zero-order chi connectivity index (χ0) is 29.4. The molecule has 0 bridgehead atoms. The van der Waals surface area contributed by atoms with Gasteiger partial charge in [-0.15, -0.1) is 0 Å². The van der Waals surface area contributed by atoms with Crippen LogP contribution >= 0.6 is 0 Å². The topological polar surface area (TPSA) is 170 Å². The second kappa shape index (κ2) is 12.8. The summed E-state index contributed by atoms with van der Waals surface area (Å²) in [4.78, 5) is 49.4. The van der Waals surface area contributed by atoms with Gasteiger partial charge in [0.15, 0.2) is 0 Å². The molecular weight excluding hydrogens is 539 g/mol. The molecule has 0 spiro atoms. The molecule has 1 atom stereocenters. The van der Waals surface area contributed by atoms with Crippen molar-refractivity contribution in [2.75, 3.05) is 19.7 Å². The second-order valence-corrected chi connectivity index (χ2v) is 8.10. The van der Waals surface area contributed by atoms with E-state index in [0.29, 0.717) is 23.1 Å². The summed E-state index contributed by atoms with van der Waals surface area (Å²) in [5, 5.41) is 27.7. The van der Waals surface area contributed by atoms with Gasteiger partial charge in [0.05, 0.1) is 36.8 Å². The number of aliphatic carboxylic acids is 2. The first kappa shape index (κ1) is 30.7. The van der Waals surface area contributed by atoms with Crippen molar-refractivity contribution in [3.63, 3.8) is 0 Å². The van der Waals surface area contributed by atoms with Crippen molar-refractivity contribution in [3.8, 4) is 11.8 Å². The van der Waals surface area contributed by atoms with Gasteiger partial charge in [0.2, 0.25) is 5.91 Å². The molecule has 16 heteroatoms. The van der Waals surface area contributed by atoms with E-state index >= 15 is 0 Å². The smallest absolute Gasteiger partial charge is 0.490 e. The van der Waals surface area contributed by atoms with Gasteiger partial charge in [0.1, 0.15) is 11.8 Å². The summed E-state index contributed by atoms with van der Waals surface area (Å²) in [5.41, 5.74) is 0.688. The Morgan fingerprint density at radius 2 is 1.87 bits per heavy atom. The lowest BCUT2D eigenvalue weighted by atomic mass is 10.1. The molecule has 2 amide bonds. The number of likely N-dealkylation sites (tertiary alicyclic amines) is 1. The van der Waals surface area contributed by atoms with E-state index in [9.17, 15) is 36.3 Å². The second-order valence-electron chi connectivity index (χ2n) is 8.10. The van der Waals surface area contributed by atoms with E-state index in [1.807, 2.05) is 0 Å². The molecule has 0 unspecified atom stereocenters. The Labute approximate surface area is 216 Å². The highest BCUT2D eigenvalue weighted by Crippen LogP contribution is 2.31. The van der Waals surface area contributed by atoms with Crippen LogP contribution in [0.5, 0.6) is 5.75 Å². The number of halogens is 5.